The van der Waals surface area contributed by atoms with Gasteiger partial charge in [0.15, 0.2) is 17.3 Å². The van der Waals surface area contributed by atoms with E-state index in [0.717, 1.165) is 0 Å². The van der Waals surface area contributed by atoms with Crippen LogP contribution in [0.25, 0.3) is 0 Å². The molecule has 0 atom stereocenters. The maximum Gasteiger partial charge on any atom is 0.355 e. The number of Topliss-reactive ketones (excluding diaryl/α,β-unsaturated/α-hetero) is 1. The van der Waals surface area contributed by atoms with Crippen molar-refractivity contribution in [3.05, 3.63) is 81.9 Å². The Morgan fingerprint density at radius 2 is 1.73 bits per heavy atom. The fourth-order valence-corrected chi connectivity index (χ4v) is 4.64. The lowest BCUT2D eigenvalue weighted by atomic mass is 10.0. The molecule has 0 radical (unpaired) electrons. The van der Waals surface area contributed by atoms with Crippen molar-refractivity contribution in [2.24, 2.45) is 0 Å². The summed E-state index contributed by atoms with van der Waals surface area (Å²) < 4.78 is 31.2. The van der Waals surface area contributed by atoms with Crippen LogP contribution in [0.1, 0.15) is 61.9 Å². The predicted octanol–water partition coefficient (Wildman–Crippen LogP) is 4.69. The number of amides is 1. The van der Waals surface area contributed by atoms with Crippen LogP contribution in [0.4, 0.5) is 4.39 Å². The summed E-state index contributed by atoms with van der Waals surface area (Å²) in [6, 6.07) is 10.6. The van der Waals surface area contributed by atoms with E-state index in [1.54, 1.807) is 55.7 Å². The van der Waals surface area contributed by atoms with Crippen LogP contribution in [0.15, 0.2) is 42.5 Å². The Bertz CT molecular complexity index is 1350. The SMILES string of the molecule is CCOC(=O)c1c(C)c(C(=O)CN(Cc2ccc(F)cc2)C(=O)c2ccc3c(c2)OCO3)c(C)n1CC. The molecule has 2 aromatic carbocycles. The number of ketones is 1. The summed E-state index contributed by atoms with van der Waals surface area (Å²) in [4.78, 5) is 41.3. The molecule has 0 saturated heterocycles. The molecule has 0 N–H and O–H groups in total. The minimum atomic E-state index is -0.497. The number of halogens is 1. The molecule has 0 bridgehead atoms. The minimum absolute atomic E-state index is 0.0700. The molecule has 1 aliphatic heterocycles. The Kier molecular flexibility index (Phi) is 7.61. The molecule has 194 valence electrons. The number of nitrogens with zero attached hydrogens (tertiary/aromatic N) is 2. The quantitative estimate of drug-likeness (QED) is 0.308. The molecule has 37 heavy (non-hydrogen) atoms. The highest BCUT2D eigenvalue weighted by atomic mass is 19.1. The number of benzene rings is 2. The zero-order valence-corrected chi connectivity index (χ0v) is 21.3. The van der Waals surface area contributed by atoms with Crippen molar-refractivity contribution in [3.63, 3.8) is 0 Å². The molecule has 8 nitrogen and oxygen atoms in total. The number of hydrogen-bond donors (Lipinski definition) is 0. The molecule has 1 amide bonds. The number of fused-ring (bicyclic) bond motifs is 1. The van der Waals surface area contributed by atoms with Gasteiger partial charge in [-0.2, -0.15) is 0 Å². The van der Waals surface area contributed by atoms with Crippen molar-refractivity contribution in [2.45, 2.75) is 40.8 Å². The highest BCUT2D eigenvalue weighted by Gasteiger charge is 2.29. The molecule has 0 spiro atoms. The van der Waals surface area contributed by atoms with Gasteiger partial charge in [-0.1, -0.05) is 12.1 Å². The minimum Gasteiger partial charge on any atom is -0.461 e. The fraction of sp³-hybridized carbons (Fsp3) is 0.321. The average molecular weight is 509 g/mol. The van der Waals surface area contributed by atoms with Crippen molar-refractivity contribution in [1.29, 1.82) is 0 Å². The Morgan fingerprint density at radius 1 is 1.03 bits per heavy atom. The monoisotopic (exact) mass is 508 g/mol. The van der Waals surface area contributed by atoms with E-state index < -0.39 is 17.7 Å². The van der Waals surface area contributed by atoms with Crippen LogP contribution in [0.3, 0.4) is 0 Å². The second-order valence-electron chi connectivity index (χ2n) is 8.68. The first-order valence-corrected chi connectivity index (χ1v) is 12.1. The first-order valence-electron chi connectivity index (χ1n) is 12.1. The number of esters is 1. The van der Waals surface area contributed by atoms with Gasteiger partial charge in [-0.25, -0.2) is 9.18 Å². The number of hydrogen-bond acceptors (Lipinski definition) is 6. The average Bonchev–Trinajstić information content (AvgIpc) is 3.45. The van der Waals surface area contributed by atoms with Gasteiger partial charge in [0, 0.05) is 29.9 Å². The molecule has 0 unspecified atom stereocenters. The smallest absolute Gasteiger partial charge is 0.355 e. The van der Waals surface area contributed by atoms with Gasteiger partial charge >= 0.3 is 5.97 Å². The van der Waals surface area contributed by atoms with Gasteiger partial charge < -0.3 is 23.7 Å². The second-order valence-corrected chi connectivity index (χ2v) is 8.68. The highest BCUT2D eigenvalue weighted by Crippen LogP contribution is 2.33. The van der Waals surface area contributed by atoms with E-state index in [-0.39, 0.29) is 32.3 Å². The van der Waals surface area contributed by atoms with Gasteiger partial charge in [0.05, 0.1) is 13.2 Å². The maximum absolute atomic E-state index is 13.7. The summed E-state index contributed by atoms with van der Waals surface area (Å²) in [6.45, 7) is 7.68. The molecule has 0 saturated carbocycles. The molecule has 4 rings (SSSR count). The Morgan fingerprint density at radius 3 is 2.41 bits per heavy atom. The lowest BCUT2D eigenvalue weighted by Gasteiger charge is -2.23. The van der Waals surface area contributed by atoms with Crippen molar-refractivity contribution in [1.82, 2.24) is 9.47 Å². The maximum atomic E-state index is 13.7. The molecular weight excluding hydrogens is 479 g/mol. The van der Waals surface area contributed by atoms with E-state index in [4.69, 9.17) is 14.2 Å². The van der Waals surface area contributed by atoms with Gasteiger partial charge in [0.1, 0.15) is 11.5 Å². The first-order chi connectivity index (χ1) is 17.7. The number of carbonyl (C=O) groups is 3. The summed E-state index contributed by atoms with van der Waals surface area (Å²) in [6.07, 6.45) is 0. The zero-order chi connectivity index (χ0) is 26.7. The van der Waals surface area contributed by atoms with E-state index in [2.05, 4.69) is 0 Å². The molecule has 0 fully saturated rings. The largest absolute Gasteiger partial charge is 0.461 e. The van der Waals surface area contributed by atoms with Crippen molar-refractivity contribution in [2.75, 3.05) is 19.9 Å². The number of rotatable bonds is 9. The van der Waals surface area contributed by atoms with E-state index in [9.17, 15) is 18.8 Å². The number of carbonyl (C=O) groups excluding carboxylic acids is 3. The van der Waals surface area contributed by atoms with Crippen LogP contribution in [0, 0.1) is 19.7 Å². The summed E-state index contributed by atoms with van der Waals surface area (Å²) in [5.41, 5.74) is 2.84. The zero-order valence-electron chi connectivity index (χ0n) is 21.3. The van der Waals surface area contributed by atoms with E-state index >= 15 is 0 Å². The van der Waals surface area contributed by atoms with E-state index in [1.165, 1.54) is 17.0 Å². The normalized spacial score (nSPS) is 11.9. The Balaban J connectivity index is 1.68. The van der Waals surface area contributed by atoms with Crippen molar-refractivity contribution < 1.29 is 33.0 Å². The number of ether oxygens (including phenoxy) is 3. The number of aromatic nitrogens is 1. The second kappa shape index (κ2) is 10.9. The fourth-order valence-electron chi connectivity index (χ4n) is 4.64. The van der Waals surface area contributed by atoms with Gasteiger partial charge in [0.25, 0.3) is 5.91 Å². The van der Waals surface area contributed by atoms with Gasteiger partial charge in [-0.3, -0.25) is 9.59 Å². The van der Waals surface area contributed by atoms with Gasteiger partial charge in [-0.05, 0) is 69.2 Å². The van der Waals surface area contributed by atoms with Gasteiger partial charge in [0.2, 0.25) is 6.79 Å². The molecule has 9 heteroatoms. The van der Waals surface area contributed by atoms with Crippen molar-refractivity contribution >= 4 is 17.7 Å². The molecular formula is C28H29FN2O6. The van der Waals surface area contributed by atoms with Crippen molar-refractivity contribution in [3.8, 4) is 11.5 Å². The van der Waals surface area contributed by atoms with Crippen LogP contribution in [-0.2, 0) is 17.8 Å². The van der Waals surface area contributed by atoms with Crippen LogP contribution >= 0.6 is 0 Å². The van der Waals surface area contributed by atoms with Crippen LogP contribution in [0.2, 0.25) is 0 Å². The third kappa shape index (κ3) is 5.21. The molecule has 2 heterocycles. The first kappa shape index (κ1) is 25.9. The summed E-state index contributed by atoms with van der Waals surface area (Å²) in [5, 5.41) is 0. The van der Waals surface area contributed by atoms with E-state index in [1.807, 2.05) is 6.92 Å². The van der Waals surface area contributed by atoms with Crippen LogP contribution in [-0.4, -0.2) is 47.1 Å². The third-order valence-corrected chi connectivity index (χ3v) is 6.36. The lowest BCUT2D eigenvalue weighted by Crippen LogP contribution is -2.35. The standard InChI is InChI=1S/C28H29FN2O6/c1-5-31-18(4)25(17(3)26(31)28(34)35-6-2)22(32)15-30(14-19-7-10-21(29)11-8-19)27(33)20-9-12-23-24(13-20)37-16-36-23/h7-13H,5-6,14-16H2,1-4H3. The lowest BCUT2D eigenvalue weighted by molar-refractivity contribution is 0.0512. The molecule has 1 aromatic heterocycles. The Hall–Kier alpha value is -4.14. The summed E-state index contributed by atoms with van der Waals surface area (Å²) in [7, 11) is 0. The topological polar surface area (TPSA) is 87.1 Å². The highest BCUT2D eigenvalue weighted by molar-refractivity contribution is 6.06. The van der Waals surface area contributed by atoms with E-state index in [0.29, 0.717) is 51.7 Å². The summed E-state index contributed by atoms with van der Waals surface area (Å²) in [5.74, 6) is -0.618. The Labute approximate surface area is 214 Å². The predicted molar refractivity (Wildman–Crippen MR) is 134 cm³/mol. The molecule has 3 aromatic rings. The van der Waals surface area contributed by atoms with Gasteiger partial charge in [-0.15, -0.1) is 0 Å². The molecule has 0 aliphatic carbocycles. The van der Waals surface area contributed by atoms with Crippen LogP contribution in [0.5, 0.6) is 11.5 Å². The van der Waals surface area contributed by atoms with Crippen LogP contribution < -0.4 is 9.47 Å². The molecule has 1 aliphatic rings. The third-order valence-electron chi connectivity index (χ3n) is 6.36. The summed E-state index contributed by atoms with van der Waals surface area (Å²) >= 11 is 0.